The fraction of sp³-hybridized carbons (Fsp3) is 0.200. The third-order valence-electron chi connectivity index (χ3n) is 3.14. The van der Waals surface area contributed by atoms with E-state index in [1.165, 1.54) is 13.1 Å². The molecule has 0 aliphatic rings. The number of carbonyl (C=O) groups is 2. The predicted octanol–water partition coefficient (Wildman–Crippen LogP) is 1.04. The maximum atomic E-state index is 12.2. The molecule has 2 aromatic rings. The SMILES string of the molecule is CN(CC(=O)Nc1ccc(CC(N)=O)cc1)S(=O)(=O)c1cccs1. The second-order valence-corrected chi connectivity index (χ2v) is 8.30. The number of benzene rings is 1. The fourth-order valence-electron chi connectivity index (χ4n) is 1.96. The van der Waals surface area contributed by atoms with E-state index >= 15 is 0 Å². The van der Waals surface area contributed by atoms with Gasteiger partial charge in [0.15, 0.2) is 0 Å². The first-order valence-electron chi connectivity index (χ1n) is 6.96. The average molecular weight is 367 g/mol. The van der Waals surface area contributed by atoms with E-state index in [1.54, 1.807) is 35.7 Å². The summed E-state index contributed by atoms with van der Waals surface area (Å²) in [5, 5.41) is 4.27. The lowest BCUT2D eigenvalue weighted by Crippen LogP contribution is -2.34. The van der Waals surface area contributed by atoms with Crippen LogP contribution < -0.4 is 11.1 Å². The second-order valence-electron chi connectivity index (χ2n) is 5.08. The van der Waals surface area contributed by atoms with E-state index in [-0.39, 0.29) is 17.2 Å². The summed E-state index contributed by atoms with van der Waals surface area (Å²) >= 11 is 1.10. The van der Waals surface area contributed by atoms with Crippen molar-refractivity contribution in [2.75, 3.05) is 18.9 Å². The highest BCUT2D eigenvalue weighted by atomic mass is 32.2. The van der Waals surface area contributed by atoms with E-state index in [2.05, 4.69) is 5.32 Å². The minimum atomic E-state index is -3.66. The number of anilines is 1. The normalized spacial score (nSPS) is 11.4. The van der Waals surface area contributed by atoms with Crippen LogP contribution in [0.4, 0.5) is 5.69 Å². The van der Waals surface area contributed by atoms with Crippen LogP contribution in [0.5, 0.6) is 0 Å². The molecule has 0 unspecified atom stereocenters. The van der Waals surface area contributed by atoms with Gasteiger partial charge in [-0.05, 0) is 29.1 Å². The van der Waals surface area contributed by atoms with Crippen molar-refractivity contribution in [1.82, 2.24) is 4.31 Å². The Labute approximate surface area is 144 Å². The van der Waals surface area contributed by atoms with Crippen molar-refractivity contribution in [2.24, 2.45) is 5.73 Å². The smallest absolute Gasteiger partial charge is 0.252 e. The molecule has 1 aromatic heterocycles. The Morgan fingerprint density at radius 1 is 1.21 bits per heavy atom. The lowest BCUT2D eigenvalue weighted by atomic mass is 10.1. The van der Waals surface area contributed by atoms with Gasteiger partial charge in [-0.1, -0.05) is 18.2 Å². The zero-order chi connectivity index (χ0) is 17.7. The standard InChI is InChI=1S/C15H17N3O4S2/c1-18(24(21,22)15-3-2-8-23-15)10-14(20)17-12-6-4-11(5-7-12)9-13(16)19/h2-8H,9-10H2,1H3,(H2,16,19)(H,17,20). The average Bonchev–Trinajstić information content (AvgIpc) is 3.03. The summed E-state index contributed by atoms with van der Waals surface area (Å²) in [4.78, 5) is 22.8. The zero-order valence-corrected chi connectivity index (χ0v) is 14.6. The molecule has 0 aliphatic carbocycles. The first kappa shape index (κ1) is 18.1. The molecule has 0 fully saturated rings. The Morgan fingerprint density at radius 2 is 1.88 bits per heavy atom. The number of likely N-dealkylation sites (N-methyl/N-ethyl adjacent to an activating group) is 1. The molecule has 2 rings (SSSR count). The summed E-state index contributed by atoms with van der Waals surface area (Å²) in [5.74, 6) is -0.896. The fourth-order valence-corrected chi connectivity index (χ4v) is 4.29. The maximum absolute atomic E-state index is 12.2. The van der Waals surface area contributed by atoms with Gasteiger partial charge < -0.3 is 11.1 Å². The lowest BCUT2D eigenvalue weighted by Gasteiger charge is -2.15. The van der Waals surface area contributed by atoms with Gasteiger partial charge in [0.2, 0.25) is 11.8 Å². The highest BCUT2D eigenvalue weighted by Crippen LogP contribution is 2.19. The number of sulfonamides is 1. The number of nitrogens with two attached hydrogens (primary N) is 1. The van der Waals surface area contributed by atoms with Gasteiger partial charge >= 0.3 is 0 Å². The molecule has 0 saturated carbocycles. The number of nitrogens with zero attached hydrogens (tertiary/aromatic N) is 1. The van der Waals surface area contributed by atoms with Gasteiger partial charge in [0.1, 0.15) is 4.21 Å². The number of rotatable bonds is 7. The summed E-state index contributed by atoms with van der Waals surface area (Å²) in [5.41, 5.74) is 6.35. The molecule has 0 aliphatic heterocycles. The summed E-state index contributed by atoms with van der Waals surface area (Å²) in [7, 11) is -2.31. The number of carbonyl (C=O) groups excluding carboxylic acids is 2. The first-order chi connectivity index (χ1) is 11.3. The molecule has 0 radical (unpaired) electrons. The molecule has 24 heavy (non-hydrogen) atoms. The summed E-state index contributed by atoms with van der Waals surface area (Å²) in [6, 6.07) is 9.73. The minimum Gasteiger partial charge on any atom is -0.369 e. The third kappa shape index (κ3) is 4.63. The quantitative estimate of drug-likeness (QED) is 0.762. The van der Waals surface area contributed by atoms with Gasteiger partial charge in [-0.15, -0.1) is 11.3 Å². The molecule has 2 amide bonds. The largest absolute Gasteiger partial charge is 0.369 e. The van der Waals surface area contributed by atoms with Crippen molar-refractivity contribution in [1.29, 1.82) is 0 Å². The van der Waals surface area contributed by atoms with E-state index in [0.717, 1.165) is 21.2 Å². The topological polar surface area (TPSA) is 110 Å². The molecule has 1 heterocycles. The van der Waals surface area contributed by atoms with Gasteiger partial charge in [-0.2, -0.15) is 4.31 Å². The molecule has 0 bridgehead atoms. The molecule has 9 heteroatoms. The number of nitrogens with one attached hydrogen (secondary N) is 1. The Balaban J connectivity index is 1.96. The molecular formula is C15H17N3O4S2. The van der Waals surface area contributed by atoms with Gasteiger partial charge in [-0.3, -0.25) is 9.59 Å². The van der Waals surface area contributed by atoms with Crippen molar-refractivity contribution >= 4 is 38.9 Å². The molecule has 1 aromatic carbocycles. The highest BCUT2D eigenvalue weighted by molar-refractivity contribution is 7.91. The van der Waals surface area contributed by atoms with Crippen LogP contribution in [-0.2, 0) is 26.0 Å². The lowest BCUT2D eigenvalue weighted by molar-refractivity contribution is -0.117. The number of hydrogen-bond donors (Lipinski definition) is 2. The van der Waals surface area contributed by atoms with Crippen LogP contribution in [0.2, 0.25) is 0 Å². The Morgan fingerprint density at radius 3 is 2.42 bits per heavy atom. The van der Waals surface area contributed by atoms with E-state index in [0.29, 0.717) is 5.69 Å². The predicted molar refractivity (Wildman–Crippen MR) is 92.1 cm³/mol. The molecule has 0 atom stereocenters. The van der Waals surface area contributed by atoms with Gasteiger partial charge in [0, 0.05) is 12.7 Å². The van der Waals surface area contributed by atoms with E-state index < -0.39 is 21.8 Å². The first-order valence-corrected chi connectivity index (χ1v) is 9.28. The highest BCUT2D eigenvalue weighted by Gasteiger charge is 2.23. The van der Waals surface area contributed by atoms with E-state index in [4.69, 9.17) is 5.73 Å². The van der Waals surface area contributed by atoms with E-state index in [9.17, 15) is 18.0 Å². The van der Waals surface area contributed by atoms with Crippen LogP contribution in [0.3, 0.4) is 0 Å². The number of thiophene rings is 1. The van der Waals surface area contributed by atoms with Crippen LogP contribution in [0.1, 0.15) is 5.56 Å². The van der Waals surface area contributed by atoms with Crippen molar-refractivity contribution in [3.05, 3.63) is 47.3 Å². The Kier molecular flexibility index (Phi) is 5.71. The van der Waals surface area contributed by atoms with Crippen molar-refractivity contribution < 1.29 is 18.0 Å². The number of amides is 2. The zero-order valence-electron chi connectivity index (χ0n) is 12.9. The maximum Gasteiger partial charge on any atom is 0.252 e. The third-order valence-corrected chi connectivity index (χ3v) is 6.32. The minimum absolute atomic E-state index is 0.121. The molecular weight excluding hydrogens is 350 g/mol. The molecule has 3 N–H and O–H groups in total. The van der Waals surface area contributed by atoms with Gasteiger partial charge in [0.25, 0.3) is 10.0 Å². The molecule has 128 valence electrons. The van der Waals surface area contributed by atoms with Gasteiger partial charge in [0.05, 0.1) is 13.0 Å². The van der Waals surface area contributed by atoms with Crippen molar-refractivity contribution in [3.63, 3.8) is 0 Å². The van der Waals surface area contributed by atoms with Crippen molar-refractivity contribution in [2.45, 2.75) is 10.6 Å². The van der Waals surface area contributed by atoms with Crippen LogP contribution in [-0.4, -0.2) is 38.1 Å². The van der Waals surface area contributed by atoms with Crippen LogP contribution in [0, 0.1) is 0 Å². The monoisotopic (exact) mass is 367 g/mol. The van der Waals surface area contributed by atoms with Crippen LogP contribution in [0.15, 0.2) is 46.0 Å². The molecule has 0 spiro atoms. The number of primary amides is 1. The second kappa shape index (κ2) is 7.56. The van der Waals surface area contributed by atoms with Crippen molar-refractivity contribution in [3.8, 4) is 0 Å². The van der Waals surface area contributed by atoms with Crippen LogP contribution in [0.25, 0.3) is 0 Å². The summed E-state index contributed by atoms with van der Waals surface area (Å²) < 4.78 is 25.7. The Hall–Kier alpha value is -2.23. The molecule has 7 nitrogen and oxygen atoms in total. The van der Waals surface area contributed by atoms with Crippen LogP contribution >= 0.6 is 11.3 Å². The number of hydrogen-bond acceptors (Lipinski definition) is 5. The van der Waals surface area contributed by atoms with E-state index in [1.807, 2.05) is 0 Å². The summed E-state index contributed by atoms with van der Waals surface area (Å²) in [6.45, 7) is -0.302. The summed E-state index contributed by atoms with van der Waals surface area (Å²) in [6.07, 6.45) is 0.121. The Bertz CT molecular complexity index is 815. The molecule has 0 saturated heterocycles. The van der Waals surface area contributed by atoms with Gasteiger partial charge in [-0.25, -0.2) is 8.42 Å².